The van der Waals surface area contributed by atoms with Crippen molar-refractivity contribution in [3.8, 4) is 11.5 Å². The van der Waals surface area contributed by atoms with Crippen LogP contribution in [0.15, 0.2) is 54.6 Å². The molecule has 0 saturated carbocycles. The first-order valence-corrected chi connectivity index (χ1v) is 10.9. The summed E-state index contributed by atoms with van der Waals surface area (Å²) in [6, 6.07) is 12.9. The summed E-state index contributed by atoms with van der Waals surface area (Å²) >= 11 is 24.7. The quantitative estimate of drug-likeness (QED) is 0.239. The highest BCUT2D eigenvalue weighted by Gasteiger charge is 2.51. The minimum atomic E-state index is -5.07. The van der Waals surface area contributed by atoms with Gasteiger partial charge >= 0.3 is 0 Å². The molecule has 0 saturated heterocycles. The Labute approximate surface area is 186 Å². The zero-order valence-electron chi connectivity index (χ0n) is 14.3. The van der Waals surface area contributed by atoms with E-state index in [-0.39, 0.29) is 31.8 Å². The SMILES string of the molecule is O=S(=O)(O)C(c1ccccc1)(c1cccc(Cl)c1Cl)c1cc(Cl)c(O)c(O)c1Cl. The Morgan fingerprint density at radius 2 is 1.34 bits per heavy atom. The zero-order valence-corrected chi connectivity index (χ0v) is 18.1. The summed E-state index contributed by atoms with van der Waals surface area (Å²) in [5.74, 6) is -1.59. The monoisotopic (exact) mass is 492 g/mol. The number of hydrogen-bond acceptors (Lipinski definition) is 4. The number of aromatic hydroxyl groups is 2. The van der Waals surface area contributed by atoms with Gasteiger partial charge in [-0.3, -0.25) is 4.55 Å². The molecular formula is C19H12Cl4O5S. The second-order valence-corrected chi connectivity index (χ2v) is 9.17. The second-order valence-electron chi connectivity index (χ2n) is 6.04. The standard InChI is InChI=1S/C19H12Cl4O5S/c20-13-8-4-7-11(15(13)22)19(29(26,27)28,10-5-2-1-3-6-10)12-9-14(21)17(24)18(25)16(12)23/h1-9,24-25H,(H,26,27,28). The van der Waals surface area contributed by atoms with E-state index in [9.17, 15) is 23.2 Å². The molecule has 10 heteroatoms. The van der Waals surface area contributed by atoms with Gasteiger partial charge in [-0.05, 0) is 17.7 Å². The first kappa shape index (κ1) is 22.0. The number of benzene rings is 3. The lowest BCUT2D eigenvalue weighted by Crippen LogP contribution is -2.39. The lowest BCUT2D eigenvalue weighted by molar-refractivity contribution is 0.402. The topological polar surface area (TPSA) is 94.8 Å². The molecule has 0 bridgehead atoms. The highest BCUT2D eigenvalue weighted by Crippen LogP contribution is 2.53. The van der Waals surface area contributed by atoms with Gasteiger partial charge in [-0.2, -0.15) is 8.42 Å². The molecule has 0 spiro atoms. The summed E-state index contributed by atoms with van der Waals surface area (Å²) < 4.78 is 34.1. The summed E-state index contributed by atoms with van der Waals surface area (Å²) in [5, 5.41) is 19.1. The van der Waals surface area contributed by atoms with Crippen LogP contribution in [0.1, 0.15) is 16.7 Å². The van der Waals surface area contributed by atoms with Crippen LogP contribution in [0, 0.1) is 0 Å². The zero-order chi connectivity index (χ0) is 21.6. The van der Waals surface area contributed by atoms with E-state index in [0.29, 0.717) is 0 Å². The van der Waals surface area contributed by atoms with Crippen LogP contribution in [-0.4, -0.2) is 23.2 Å². The normalized spacial score (nSPS) is 13.8. The molecule has 29 heavy (non-hydrogen) atoms. The molecule has 1 unspecified atom stereocenters. The first-order chi connectivity index (χ1) is 13.5. The fourth-order valence-electron chi connectivity index (χ4n) is 3.19. The maximum absolute atomic E-state index is 13.0. The van der Waals surface area contributed by atoms with E-state index in [4.69, 9.17) is 46.4 Å². The Balaban J connectivity index is 2.65. The van der Waals surface area contributed by atoms with Gasteiger partial charge in [-0.1, -0.05) is 88.9 Å². The molecule has 0 aliphatic rings. The van der Waals surface area contributed by atoms with Crippen LogP contribution in [0.3, 0.4) is 0 Å². The van der Waals surface area contributed by atoms with Gasteiger partial charge in [0.05, 0.1) is 20.1 Å². The molecular weight excluding hydrogens is 482 g/mol. The van der Waals surface area contributed by atoms with E-state index < -0.39 is 31.4 Å². The molecule has 152 valence electrons. The average Bonchev–Trinajstić information content (AvgIpc) is 2.67. The highest BCUT2D eigenvalue weighted by molar-refractivity contribution is 7.87. The van der Waals surface area contributed by atoms with Gasteiger partial charge in [0, 0.05) is 11.1 Å². The van der Waals surface area contributed by atoms with Crippen molar-refractivity contribution in [1.82, 2.24) is 0 Å². The number of halogens is 4. The summed E-state index contributed by atoms with van der Waals surface area (Å²) in [7, 11) is -5.07. The van der Waals surface area contributed by atoms with Crippen molar-refractivity contribution in [1.29, 1.82) is 0 Å². The summed E-state index contributed by atoms with van der Waals surface area (Å²) in [5.41, 5.74) is -0.393. The van der Waals surface area contributed by atoms with Crippen LogP contribution in [0.5, 0.6) is 11.5 Å². The predicted molar refractivity (Wildman–Crippen MR) is 114 cm³/mol. The van der Waals surface area contributed by atoms with Gasteiger partial charge in [0.1, 0.15) is 0 Å². The van der Waals surface area contributed by atoms with Gasteiger partial charge in [-0.15, -0.1) is 0 Å². The number of phenols is 2. The van der Waals surface area contributed by atoms with Crippen molar-refractivity contribution in [3.05, 3.63) is 91.4 Å². The van der Waals surface area contributed by atoms with Crippen molar-refractivity contribution >= 4 is 56.5 Å². The maximum atomic E-state index is 13.0. The largest absolute Gasteiger partial charge is 0.503 e. The second kappa shape index (κ2) is 7.87. The van der Waals surface area contributed by atoms with Crippen molar-refractivity contribution in [2.45, 2.75) is 4.75 Å². The highest BCUT2D eigenvalue weighted by atomic mass is 35.5. The smallest absolute Gasteiger partial charge is 0.283 e. The van der Waals surface area contributed by atoms with Gasteiger partial charge in [-0.25, -0.2) is 0 Å². The molecule has 0 aliphatic carbocycles. The molecule has 3 aromatic carbocycles. The Kier molecular flexibility index (Phi) is 5.98. The van der Waals surface area contributed by atoms with E-state index in [1.54, 1.807) is 18.2 Å². The number of rotatable bonds is 4. The third kappa shape index (κ3) is 3.44. The fourth-order valence-corrected chi connectivity index (χ4v) is 5.55. The number of phenolic OH excluding ortho intramolecular Hbond substituents is 2. The fraction of sp³-hybridized carbons (Fsp3) is 0.0526. The molecule has 5 nitrogen and oxygen atoms in total. The minimum Gasteiger partial charge on any atom is -0.503 e. The molecule has 0 aromatic heterocycles. The predicted octanol–water partition coefficient (Wildman–Crippen LogP) is 5.89. The van der Waals surface area contributed by atoms with Gasteiger partial charge in [0.25, 0.3) is 10.1 Å². The molecule has 0 fully saturated rings. The van der Waals surface area contributed by atoms with Gasteiger partial charge in [0.15, 0.2) is 16.2 Å². The van der Waals surface area contributed by atoms with Crippen LogP contribution in [-0.2, 0) is 14.9 Å². The van der Waals surface area contributed by atoms with Gasteiger partial charge < -0.3 is 10.2 Å². The van der Waals surface area contributed by atoms with Crippen LogP contribution in [0.2, 0.25) is 20.1 Å². The molecule has 1 atom stereocenters. The van der Waals surface area contributed by atoms with Crippen LogP contribution in [0.4, 0.5) is 0 Å². The average molecular weight is 494 g/mol. The Morgan fingerprint density at radius 1 is 0.724 bits per heavy atom. The molecule has 3 N–H and O–H groups in total. The van der Waals surface area contributed by atoms with Crippen LogP contribution >= 0.6 is 46.4 Å². The lowest BCUT2D eigenvalue weighted by atomic mass is 9.83. The number of hydrogen-bond donors (Lipinski definition) is 3. The summed E-state index contributed by atoms with van der Waals surface area (Å²) in [6.07, 6.45) is 0. The Bertz CT molecular complexity index is 1200. The van der Waals surface area contributed by atoms with E-state index in [1.165, 1.54) is 30.3 Å². The van der Waals surface area contributed by atoms with E-state index in [1.807, 2.05) is 0 Å². The van der Waals surface area contributed by atoms with Crippen LogP contribution < -0.4 is 0 Å². The van der Waals surface area contributed by atoms with Crippen molar-refractivity contribution in [3.63, 3.8) is 0 Å². The van der Waals surface area contributed by atoms with Crippen molar-refractivity contribution in [2.75, 3.05) is 0 Å². The van der Waals surface area contributed by atoms with E-state index in [0.717, 1.165) is 6.07 Å². The third-order valence-electron chi connectivity index (χ3n) is 4.44. The van der Waals surface area contributed by atoms with E-state index in [2.05, 4.69) is 0 Å². The summed E-state index contributed by atoms with van der Waals surface area (Å²) in [4.78, 5) is 0. The molecule has 0 radical (unpaired) electrons. The van der Waals surface area contributed by atoms with Gasteiger partial charge in [0.2, 0.25) is 0 Å². The van der Waals surface area contributed by atoms with Crippen molar-refractivity contribution < 1.29 is 23.2 Å². The molecule has 0 aliphatic heterocycles. The van der Waals surface area contributed by atoms with E-state index >= 15 is 0 Å². The van der Waals surface area contributed by atoms with Crippen molar-refractivity contribution in [2.24, 2.45) is 0 Å². The Morgan fingerprint density at radius 3 is 1.93 bits per heavy atom. The maximum Gasteiger partial charge on any atom is 0.283 e. The lowest BCUT2D eigenvalue weighted by Gasteiger charge is -2.34. The molecule has 3 rings (SSSR count). The van der Waals surface area contributed by atoms with Crippen LogP contribution in [0.25, 0.3) is 0 Å². The molecule has 3 aromatic rings. The first-order valence-electron chi connectivity index (χ1n) is 7.91. The Hall–Kier alpha value is -1.67. The molecule has 0 heterocycles. The molecule has 0 amide bonds. The third-order valence-corrected chi connectivity index (χ3v) is 7.38. The minimum absolute atomic E-state index is 0.0262. The summed E-state index contributed by atoms with van der Waals surface area (Å²) in [6.45, 7) is 0.